The second-order valence-corrected chi connectivity index (χ2v) is 4.52. The molecule has 0 aromatic carbocycles. The predicted octanol–water partition coefficient (Wildman–Crippen LogP) is 2.82. The second-order valence-electron chi connectivity index (χ2n) is 4.26. The fourth-order valence-electron chi connectivity index (χ4n) is 2.60. The van der Waals surface area contributed by atoms with Crippen molar-refractivity contribution in [2.24, 2.45) is 11.3 Å². The van der Waals surface area contributed by atoms with Crippen molar-refractivity contribution in [2.75, 3.05) is 12.5 Å². The first kappa shape index (κ1) is 8.83. The van der Waals surface area contributed by atoms with Crippen LogP contribution in [0.5, 0.6) is 0 Å². The molecule has 2 aliphatic rings. The number of rotatable bonds is 2. The molecular formula is C10H17ClO. The summed E-state index contributed by atoms with van der Waals surface area (Å²) in [6.45, 7) is 3.11. The third-order valence-corrected chi connectivity index (χ3v) is 4.41. The molecule has 2 fully saturated rings. The zero-order valence-corrected chi connectivity index (χ0v) is 8.44. The van der Waals surface area contributed by atoms with Crippen LogP contribution in [0.25, 0.3) is 0 Å². The number of hydrogen-bond donors (Lipinski definition) is 0. The molecule has 0 aromatic heterocycles. The van der Waals surface area contributed by atoms with Gasteiger partial charge in [0, 0.05) is 17.9 Å². The smallest absolute Gasteiger partial charge is 0.0618 e. The lowest BCUT2D eigenvalue weighted by molar-refractivity contribution is 0.0142. The van der Waals surface area contributed by atoms with E-state index in [9.17, 15) is 0 Å². The molecule has 1 saturated carbocycles. The van der Waals surface area contributed by atoms with E-state index in [2.05, 4.69) is 6.92 Å². The second kappa shape index (κ2) is 3.19. The summed E-state index contributed by atoms with van der Waals surface area (Å²) in [4.78, 5) is 0. The van der Waals surface area contributed by atoms with E-state index in [0.717, 1.165) is 18.4 Å². The van der Waals surface area contributed by atoms with Crippen LogP contribution in [0.3, 0.4) is 0 Å². The van der Waals surface area contributed by atoms with E-state index in [1.807, 2.05) is 0 Å². The van der Waals surface area contributed by atoms with Crippen LogP contribution >= 0.6 is 11.6 Å². The fraction of sp³-hybridized carbons (Fsp3) is 1.00. The van der Waals surface area contributed by atoms with E-state index in [0.29, 0.717) is 11.5 Å². The highest BCUT2D eigenvalue weighted by molar-refractivity contribution is 6.18. The van der Waals surface area contributed by atoms with Crippen molar-refractivity contribution in [1.82, 2.24) is 0 Å². The Labute approximate surface area is 79.4 Å². The van der Waals surface area contributed by atoms with Gasteiger partial charge in [-0.15, -0.1) is 11.6 Å². The first-order valence-electron chi connectivity index (χ1n) is 4.97. The van der Waals surface area contributed by atoms with Gasteiger partial charge in [-0.1, -0.05) is 6.42 Å². The Kier molecular flexibility index (Phi) is 2.35. The summed E-state index contributed by atoms with van der Waals surface area (Å²) in [5.74, 6) is 1.64. The summed E-state index contributed by atoms with van der Waals surface area (Å²) >= 11 is 6.09. The molecular weight excluding hydrogens is 172 g/mol. The molecule has 1 aliphatic carbocycles. The lowest BCUT2D eigenvalue weighted by atomic mass is 9.63. The van der Waals surface area contributed by atoms with E-state index in [4.69, 9.17) is 16.3 Å². The Balaban J connectivity index is 2.11. The molecule has 1 heterocycles. The van der Waals surface area contributed by atoms with Gasteiger partial charge in [0.05, 0.1) is 6.10 Å². The third-order valence-electron chi connectivity index (χ3n) is 3.91. The standard InChI is InChI=1S/C10H17ClO/c1-8-10(7-11,5-6-12-8)9-3-2-4-9/h8-9H,2-7H2,1H3. The molecule has 1 aliphatic heterocycles. The van der Waals surface area contributed by atoms with Gasteiger partial charge in [-0.25, -0.2) is 0 Å². The average Bonchev–Trinajstić information content (AvgIpc) is 2.30. The molecule has 0 N–H and O–H groups in total. The van der Waals surface area contributed by atoms with E-state index < -0.39 is 0 Å². The van der Waals surface area contributed by atoms with Gasteiger partial charge in [-0.2, -0.15) is 0 Å². The maximum atomic E-state index is 6.09. The normalized spacial score (nSPS) is 43.0. The van der Waals surface area contributed by atoms with Crippen LogP contribution in [0.15, 0.2) is 0 Å². The molecule has 0 amide bonds. The van der Waals surface area contributed by atoms with Crippen LogP contribution in [-0.4, -0.2) is 18.6 Å². The van der Waals surface area contributed by atoms with Gasteiger partial charge in [0.1, 0.15) is 0 Å². The first-order chi connectivity index (χ1) is 5.79. The molecule has 1 saturated heterocycles. The Morgan fingerprint density at radius 3 is 2.58 bits per heavy atom. The Bertz CT molecular complexity index is 167. The molecule has 0 radical (unpaired) electrons. The van der Waals surface area contributed by atoms with Crippen LogP contribution in [-0.2, 0) is 4.74 Å². The highest BCUT2D eigenvalue weighted by Gasteiger charge is 2.48. The first-order valence-corrected chi connectivity index (χ1v) is 5.50. The van der Waals surface area contributed by atoms with Crippen molar-refractivity contribution < 1.29 is 4.74 Å². The predicted molar refractivity (Wildman–Crippen MR) is 50.5 cm³/mol. The lowest BCUT2D eigenvalue weighted by Crippen LogP contribution is -2.41. The van der Waals surface area contributed by atoms with Crippen molar-refractivity contribution in [3.05, 3.63) is 0 Å². The van der Waals surface area contributed by atoms with Crippen LogP contribution in [0.4, 0.5) is 0 Å². The lowest BCUT2D eigenvalue weighted by Gasteiger charge is -2.43. The largest absolute Gasteiger partial charge is 0.378 e. The number of hydrogen-bond acceptors (Lipinski definition) is 1. The Morgan fingerprint density at radius 1 is 1.50 bits per heavy atom. The van der Waals surface area contributed by atoms with Crippen LogP contribution in [0.2, 0.25) is 0 Å². The monoisotopic (exact) mass is 188 g/mol. The van der Waals surface area contributed by atoms with Gasteiger partial charge in [0.25, 0.3) is 0 Å². The van der Waals surface area contributed by atoms with Gasteiger partial charge in [-0.05, 0) is 32.1 Å². The van der Waals surface area contributed by atoms with E-state index in [1.165, 1.54) is 25.7 Å². The minimum absolute atomic E-state index is 0.333. The van der Waals surface area contributed by atoms with Gasteiger partial charge in [0.15, 0.2) is 0 Å². The molecule has 12 heavy (non-hydrogen) atoms. The van der Waals surface area contributed by atoms with E-state index in [1.54, 1.807) is 0 Å². The zero-order valence-electron chi connectivity index (χ0n) is 7.68. The van der Waals surface area contributed by atoms with Crippen molar-refractivity contribution in [3.8, 4) is 0 Å². The summed E-state index contributed by atoms with van der Waals surface area (Å²) < 4.78 is 5.63. The highest BCUT2D eigenvalue weighted by Crippen LogP contribution is 2.50. The molecule has 1 nitrogen and oxygen atoms in total. The zero-order chi connectivity index (χ0) is 8.60. The van der Waals surface area contributed by atoms with Crippen LogP contribution in [0, 0.1) is 11.3 Å². The third kappa shape index (κ3) is 1.10. The number of halogens is 1. The average molecular weight is 189 g/mol. The minimum atomic E-state index is 0.333. The quantitative estimate of drug-likeness (QED) is 0.606. The summed E-state index contributed by atoms with van der Waals surface area (Å²) in [5, 5.41) is 0. The maximum absolute atomic E-state index is 6.09. The van der Waals surface area contributed by atoms with E-state index in [-0.39, 0.29) is 0 Å². The summed E-state index contributed by atoms with van der Waals surface area (Å²) in [5.41, 5.74) is 0.333. The Hall–Kier alpha value is 0.250. The van der Waals surface area contributed by atoms with Gasteiger partial charge < -0.3 is 4.74 Å². The van der Waals surface area contributed by atoms with Gasteiger partial charge >= 0.3 is 0 Å². The molecule has 70 valence electrons. The van der Waals surface area contributed by atoms with Gasteiger partial charge in [-0.3, -0.25) is 0 Å². The molecule has 0 spiro atoms. The summed E-state index contributed by atoms with van der Waals surface area (Å²) in [6.07, 6.45) is 5.72. The fourth-order valence-corrected chi connectivity index (χ4v) is 3.17. The summed E-state index contributed by atoms with van der Waals surface area (Å²) in [7, 11) is 0. The van der Waals surface area contributed by atoms with E-state index >= 15 is 0 Å². The molecule has 2 heteroatoms. The van der Waals surface area contributed by atoms with Gasteiger partial charge in [0.2, 0.25) is 0 Å². The van der Waals surface area contributed by atoms with Crippen LogP contribution in [0.1, 0.15) is 32.6 Å². The van der Waals surface area contributed by atoms with Crippen molar-refractivity contribution in [1.29, 1.82) is 0 Å². The number of alkyl halides is 1. The van der Waals surface area contributed by atoms with Crippen molar-refractivity contribution in [2.45, 2.75) is 38.7 Å². The minimum Gasteiger partial charge on any atom is -0.378 e. The molecule has 2 atom stereocenters. The molecule has 0 bridgehead atoms. The number of ether oxygens (including phenoxy) is 1. The molecule has 0 aromatic rings. The van der Waals surface area contributed by atoms with Crippen LogP contribution < -0.4 is 0 Å². The SMILES string of the molecule is CC1OCCC1(CCl)C1CCC1. The van der Waals surface area contributed by atoms with Crippen molar-refractivity contribution >= 4 is 11.6 Å². The maximum Gasteiger partial charge on any atom is 0.0618 e. The topological polar surface area (TPSA) is 9.23 Å². The molecule has 2 rings (SSSR count). The highest BCUT2D eigenvalue weighted by atomic mass is 35.5. The van der Waals surface area contributed by atoms with Crippen molar-refractivity contribution in [3.63, 3.8) is 0 Å². The summed E-state index contributed by atoms with van der Waals surface area (Å²) in [6, 6.07) is 0. The Morgan fingerprint density at radius 2 is 2.25 bits per heavy atom. The molecule has 2 unspecified atom stereocenters.